The maximum atomic E-state index is 11.6. The van der Waals surface area contributed by atoms with Gasteiger partial charge in [-0.05, 0) is 56.5 Å². The first kappa shape index (κ1) is 23.6. The lowest BCUT2D eigenvalue weighted by Gasteiger charge is -2.32. The first-order chi connectivity index (χ1) is 14.8. The Labute approximate surface area is 189 Å². The van der Waals surface area contributed by atoms with Crippen molar-refractivity contribution in [3.8, 4) is 11.5 Å². The molecule has 7 nitrogen and oxygen atoms in total. The van der Waals surface area contributed by atoms with Crippen LogP contribution in [0.15, 0.2) is 35.4 Å². The van der Waals surface area contributed by atoms with Gasteiger partial charge in [0, 0.05) is 38.1 Å². The van der Waals surface area contributed by atoms with Crippen molar-refractivity contribution in [2.24, 2.45) is 0 Å². The second kappa shape index (κ2) is 10.5. The minimum Gasteiger partial charge on any atom is -0.492 e. The van der Waals surface area contributed by atoms with Crippen LogP contribution < -0.4 is 14.8 Å². The fourth-order valence-corrected chi connectivity index (χ4v) is 4.40. The number of hydrogen-bond donors (Lipinski definition) is 1. The summed E-state index contributed by atoms with van der Waals surface area (Å²) in [5, 5.41) is 3.93. The number of piperidine rings is 1. The molecule has 0 atom stereocenters. The number of hydrogen-bond acceptors (Lipinski definition) is 7. The first-order valence-electron chi connectivity index (χ1n) is 10.5. The summed E-state index contributed by atoms with van der Waals surface area (Å²) in [6.45, 7) is 7.64. The van der Waals surface area contributed by atoms with Crippen LogP contribution in [-0.4, -0.2) is 56.9 Å². The number of ether oxygens (including phenoxy) is 2. The van der Waals surface area contributed by atoms with Gasteiger partial charge in [0.25, 0.3) is 0 Å². The molecular weight excluding hydrogens is 438 g/mol. The van der Waals surface area contributed by atoms with E-state index in [9.17, 15) is 8.42 Å². The molecule has 1 N–H and O–H groups in total. The van der Waals surface area contributed by atoms with E-state index in [2.05, 4.69) is 15.2 Å². The number of rotatable bonds is 9. The Bertz CT molecular complexity index is 948. The molecule has 9 heteroatoms. The lowest BCUT2D eigenvalue weighted by Crippen LogP contribution is -2.38. The van der Waals surface area contributed by atoms with E-state index >= 15 is 0 Å². The van der Waals surface area contributed by atoms with Crippen LogP contribution >= 0.6 is 11.6 Å². The van der Waals surface area contributed by atoms with Crippen LogP contribution in [0.2, 0.25) is 5.02 Å². The number of nitrogens with zero attached hydrogens (tertiary/aromatic N) is 2. The Morgan fingerprint density at radius 1 is 1.13 bits per heavy atom. The number of sulfone groups is 1. The highest BCUT2D eigenvalue weighted by molar-refractivity contribution is 7.90. The third kappa shape index (κ3) is 6.48. The fraction of sp³-hybridized carbons (Fsp3) is 0.500. The molecule has 0 saturated carbocycles. The largest absolute Gasteiger partial charge is 0.492 e. The Morgan fingerprint density at radius 2 is 1.74 bits per heavy atom. The molecule has 31 heavy (non-hydrogen) atoms. The van der Waals surface area contributed by atoms with Gasteiger partial charge in [-0.2, -0.15) is 0 Å². The number of aromatic nitrogens is 1. The average Bonchev–Trinajstić information content (AvgIpc) is 2.73. The van der Waals surface area contributed by atoms with Crippen LogP contribution in [0.5, 0.6) is 11.5 Å². The minimum atomic E-state index is -3.23. The topological polar surface area (TPSA) is 80.8 Å². The predicted molar refractivity (Wildman–Crippen MR) is 123 cm³/mol. The fourth-order valence-electron chi connectivity index (χ4n) is 3.63. The van der Waals surface area contributed by atoms with E-state index in [0.29, 0.717) is 41.6 Å². The van der Waals surface area contributed by atoms with Crippen molar-refractivity contribution in [3.05, 3.63) is 41.0 Å². The molecule has 0 spiro atoms. The van der Waals surface area contributed by atoms with Crippen LogP contribution in [0.25, 0.3) is 0 Å². The lowest BCUT2D eigenvalue weighted by atomic mass is 10.0. The highest BCUT2D eigenvalue weighted by Gasteiger charge is 2.21. The first-order valence-corrected chi connectivity index (χ1v) is 12.8. The Kier molecular flexibility index (Phi) is 8.02. The van der Waals surface area contributed by atoms with E-state index in [1.807, 2.05) is 26.0 Å². The molecular formula is C22H30ClN3O4S. The average molecular weight is 468 g/mol. The second-order valence-corrected chi connectivity index (χ2v) is 10.0. The second-order valence-electron chi connectivity index (χ2n) is 7.62. The number of halogens is 1. The summed E-state index contributed by atoms with van der Waals surface area (Å²) in [5.74, 6) is 2.02. The minimum absolute atomic E-state index is 0.230. The summed E-state index contributed by atoms with van der Waals surface area (Å²) in [4.78, 5) is 6.87. The standard InChI is InChI=1S/C22H30ClN3O4S/c1-4-29-19-12-16(13-20(22(19)23)30-5-2)15-26-10-8-17(9-11-26)25-21-7-6-18(14-24-21)31(3,27)28/h6-7,12-14,17H,4-5,8-11,15H2,1-3H3,(H,24,25). The van der Waals surface area contributed by atoms with Gasteiger partial charge in [-0.3, -0.25) is 4.90 Å². The van der Waals surface area contributed by atoms with E-state index in [0.717, 1.165) is 38.0 Å². The van der Waals surface area contributed by atoms with E-state index in [4.69, 9.17) is 21.1 Å². The third-order valence-corrected chi connectivity index (χ3v) is 6.65. The summed E-state index contributed by atoms with van der Waals surface area (Å²) in [6, 6.07) is 7.60. The molecule has 1 aliphatic rings. The van der Waals surface area contributed by atoms with Gasteiger partial charge in [0.15, 0.2) is 9.84 Å². The van der Waals surface area contributed by atoms with Gasteiger partial charge in [0.1, 0.15) is 22.3 Å². The van der Waals surface area contributed by atoms with Crippen molar-refractivity contribution in [1.29, 1.82) is 0 Å². The highest BCUT2D eigenvalue weighted by Crippen LogP contribution is 2.36. The zero-order valence-corrected chi connectivity index (χ0v) is 19.8. The molecule has 1 aliphatic heterocycles. The van der Waals surface area contributed by atoms with E-state index in [1.165, 1.54) is 12.5 Å². The van der Waals surface area contributed by atoms with Crippen LogP contribution in [0.1, 0.15) is 32.3 Å². The van der Waals surface area contributed by atoms with Gasteiger partial charge in [-0.25, -0.2) is 13.4 Å². The zero-order chi connectivity index (χ0) is 22.4. The van der Waals surface area contributed by atoms with Gasteiger partial charge >= 0.3 is 0 Å². The van der Waals surface area contributed by atoms with Gasteiger partial charge in [-0.1, -0.05) is 11.6 Å². The van der Waals surface area contributed by atoms with Crippen molar-refractivity contribution in [1.82, 2.24) is 9.88 Å². The third-order valence-electron chi connectivity index (χ3n) is 5.18. The summed E-state index contributed by atoms with van der Waals surface area (Å²) < 4.78 is 34.5. The molecule has 3 rings (SSSR count). The lowest BCUT2D eigenvalue weighted by molar-refractivity contribution is 0.210. The Hall–Kier alpha value is -2.03. The SMILES string of the molecule is CCOc1cc(CN2CCC(Nc3ccc(S(C)(=O)=O)cn3)CC2)cc(OCC)c1Cl. The zero-order valence-electron chi connectivity index (χ0n) is 18.2. The molecule has 1 saturated heterocycles. The van der Waals surface area contributed by atoms with E-state index in [-0.39, 0.29) is 4.90 Å². The predicted octanol–water partition coefficient (Wildman–Crippen LogP) is 4.01. The molecule has 1 fully saturated rings. The molecule has 1 aromatic heterocycles. The van der Waals surface area contributed by atoms with Gasteiger partial charge in [0.2, 0.25) is 0 Å². The molecule has 1 aromatic carbocycles. The summed E-state index contributed by atoms with van der Waals surface area (Å²) in [7, 11) is -3.23. The molecule has 170 valence electrons. The smallest absolute Gasteiger partial charge is 0.177 e. The van der Waals surface area contributed by atoms with Gasteiger partial charge < -0.3 is 14.8 Å². The summed E-state index contributed by atoms with van der Waals surface area (Å²) >= 11 is 6.40. The quantitative estimate of drug-likeness (QED) is 0.596. The maximum Gasteiger partial charge on any atom is 0.177 e. The molecule has 0 bridgehead atoms. The number of likely N-dealkylation sites (tertiary alicyclic amines) is 1. The van der Waals surface area contributed by atoms with E-state index < -0.39 is 9.84 Å². The maximum absolute atomic E-state index is 11.6. The van der Waals surface area contributed by atoms with Gasteiger partial charge in [-0.15, -0.1) is 0 Å². The number of benzene rings is 1. The number of nitrogens with one attached hydrogen (secondary N) is 1. The van der Waals surface area contributed by atoms with Crippen molar-refractivity contribution in [2.75, 3.05) is 37.9 Å². The van der Waals surface area contributed by atoms with Crippen molar-refractivity contribution >= 4 is 27.3 Å². The van der Waals surface area contributed by atoms with Crippen LogP contribution in [0.3, 0.4) is 0 Å². The monoisotopic (exact) mass is 467 g/mol. The molecule has 2 aromatic rings. The Balaban J connectivity index is 1.57. The van der Waals surface area contributed by atoms with Gasteiger partial charge in [0.05, 0.1) is 18.1 Å². The molecule has 0 radical (unpaired) electrons. The van der Waals surface area contributed by atoms with Crippen LogP contribution in [-0.2, 0) is 16.4 Å². The molecule has 0 amide bonds. The molecule has 0 aliphatic carbocycles. The summed E-state index contributed by atoms with van der Waals surface area (Å²) in [6.07, 6.45) is 4.53. The van der Waals surface area contributed by atoms with Crippen LogP contribution in [0.4, 0.5) is 5.82 Å². The molecule has 0 unspecified atom stereocenters. The number of pyridine rings is 1. The Morgan fingerprint density at radius 3 is 2.23 bits per heavy atom. The normalized spacial score (nSPS) is 15.6. The van der Waals surface area contributed by atoms with E-state index in [1.54, 1.807) is 12.1 Å². The molecule has 2 heterocycles. The van der Waals surface area contributed by atoms with Crippen molar-refractivity contribution < 1.29 is 17.9 Å². The van der Waals surface area contributed by atoms with Crippen molar-refractivity contribution in [3.63, 3.8) is 0 Å². The van der Waals surface area contributed by atoms with Crippen LogP contribution in [0, 0.1) is 0 Å². The number of anilines is 1. The van der Waals surface area contributed by atoms with Crippen molar-refractivity contribution in [2.45, 2.75) is 44.2 Å². The summed E-state index contributed by atoms with van der Waals surface area (Å²) in [5.41, 5.74) is 1.11. The highest BCUT2D eigenvalue weighted by atomic mass is 35.5.